The molecule has 0 aliphatic carbocycles. The lowest BCUT2D eigenvalue weighted by Crippen LogP contribution is -2.32. The summed E-state index contributed by atoms with van der Waals surface area (Å²) in [6.45, 7) is -1.15. The third-order valence-corrected chi connectivity index (χ3v) is 7.95. The van der Waals surface area contributed by atoms with Crippen LogP contribution in [0.25, 0.3) is 10.9 Å². The predicted molar refractivity (Wildman–Crippen MR) is 139 cm³/mol. The number of carbonyl (C=O) groups is 1. The van der Waals surface area contributed by atoms with Crippen LogP contribution in [0.5, 0.6) is 5.75 Å². The van der Waals surface area contributed by atoms with Crippen molar-refractivity contribution in [2.75, 3.05) is 35.8 Å². The minimum absolute atomic E-state index is 0.0504. The average Bonchev–Trinajstić information content (AvgIpc) is 3.19. The van der Waals surface area contributed by atoms with Crippen molar-refractivity contribution in [3.8, 4) is 17.6 Å². The molecule has 3 N–H and O–H groups in total. The normalized spacial score (nSPS) is 15.5. The third kappa shape index (κ3) is 6.52. The summed E-state index contributed by atoms with van der Waals surface area (Å²) in [5, 5.41) is 16.0. The zero-order chi connectivity index (χ0) is 27.5. The van der Waals surface area contributed by atoms with Gasteiger partial charge in [0.2, 0.25) is 0 Å². The number of carboxylic acids is 1. The van der Waals surface area contributed by atoms with Gasteiger partial charge in [0.25, 0.3) is 0 Å². The first-order valence-electron chi connectivity index (χ1n) is 11.8. The van der Waals surface area contributed by atoms with Crippen LogP contribution in [0.4, 0.5) is 24.5 Å². The van der Waals surface area contributed by atoms with Gasteiger partial charge in [-0.3, -0.25) is 0 Å². The number of alkyl halides is 3. The van der Waals surface area contributed by atoms with Crippen LogP contribution in [0.15, 0.2) is 42.5 Å². The predicted octanol–water partition coefficient (Wildman–Crippen LogP) is 4.36. The monoisotopic (exact) mass is 549 g/mol. The van der Waals surface area contributed by atoms with Crippen LogP contribution >= 0.6 is 0 Å². The SMILES string of the molecule is COc1cc(C(=O)O)ccc1NCC#Cc1cc2c(NC3CCS(=O)(=O)CC3)cccc2n1CC(F)(F)F. The molecule has 0 atom stereocenters. The average molecular weight is 550 g/mol. The molecule has 0 bridgehead atoms. The van der Waals surface area contributed by atoms with Gasteiger partial charge < -0.3 is 25.0 Å². The van der Waals surface area contributed by atoms with E-state index in [1.54, 1.807) is 24.3 Å². The molecule has 0 unspecified atom stereocenters. The van der Waals surface area contributed by atoms with Gasteiger partial charge in [-0.2, -0.15) is 13.2 Å². The summed E-state index contributed by atoms with van der Waals surface area (Å²) in [7, 11) is -1.65. The fraction of sp³-hybridized carbons (Fsp3) is 0.346. The first-order valence-corrected chi connectivity index (χ1v) is 13.6. The molecular formula is C26H26F3N3O5S. The number of carboxylic acid groups (broad SMARTS) is 1. The Morgan fingerprint density at radius 2 is 1.89 bits per heavy atom. The van der Waals surface area contributed by atoms with Crippen molar-refractivity contribution in [3.05, 3.63) is 53.7 Å². The number of aromatic carboxylic acids is 1. The molecule has 1 fully saturated rings. The topological polar surface area (TPSA) is 110 Å². The number of hydrogen-bond acceptors (Lipinski definition) is 6. The van der Waals surface area contributed by atoms with Crippen LogP contribution in [0.2, 0.25) is 0 Å². The van der Waals surface area contributed by atoms with Gasteiger partial charge in [-0.05, 0) is 55.2 Å². The van der Waals surface area contributed by atoms with E-state index in [9.17, 15) is 26.4 Å². The van der Waals surface area contributed by atoms with Crippen molar-refractivity contribution in [3.63, 3.8) is 0 Å². The molecule has 0 spiro atoms. The Bertz CT molecular complexity index is 1510. The number of methoxy groups -OCH3 is 1. The van der Waals surface area contributed by atoms with Gasteiger partial charge in [-0.1, -0.05) is 12.0 Å². The molecule has 2 aromatic carbocycles. The standard InChI is InChI=1S/C26H26F3N3O5S/c1-37-24-14-17(25(33)34)7-8-22(24)30-11-3-4-19-15-20-21(31-18-9-12-38(35,36)13-10-18)5-2-6-23(20)32(19)16-26(27,28)29/h2,5-8,14-15,18,30-31H,9-13,16H2,1H3,(H,33,34). The van der Waals surface area contributed by atoms with Crippen molar-refractivity contribution >= 4 is 38.1 Å². The van der Waals surface area contributed by atoms with E-state index in [1.807, 2.05) is 0 Å². The summed E-state index contributed by atoms with van der Waals surface area (Å²) < 4.78 is 70.2. The number of halogens is 3. The number of nitrogens with zero attached hydrogens (tertiary/aromatic N) is 1. The van der Waals surface area contributed by atoms with Crippen LogP contribution in [0, 0.1) is 11.8 Å². The van der Waals surface area contributed by atoms with Gasteiger partial charge >= 0.3 is 12.1 Å². The largest absolute Gasteiger partial charge is 0.495 e. The molecule has 1 aliphatic heterocycles. The number of nitrogens with one attached hydrogen (secondary N) is 2. The van der Waals surface area contributed by atoms with Gasteiger partial charge in [0.05, 0.1) is 47.6 Å². The van der Waals surface area contributed by atoms with Gasteiger partial charge in [-0.25, -0.2) is 13.2 Å². The molecule has 8 nitrogen and oxygen atoms in total. The first-order chi connectivity index (χ1) is 18.0. The van der Waals surface area contributed by atoms with Crippen LogP contribution < -0.4 is 15.4 Å². The van der Waals surface area contributed by atoms with Crippen molar-refractivity contribution in [2.45, 2.75) is 31.6 Å². The van der Waals surface area contributed by atoms with E-state index in [-0.39, 0.29) is 35.3 Å². The number of benzene rings is 2. The Hall–Kier alpha value is -3.85. The molecule has 38 heavy (non-hydrogen) atoms. The van der Waals surface area contributed by atoms with E-state index >= 15 is 0 Å². The molecular weight excluding hydrogens is 523 g/mol. The zero-order valence-corrected chi connectivity index (χ0v) is 21.2. The molecule has 2 heterocycles. The number of ether oxygens (including phenoxy) is 1. The van der Waals surface area contributed by atoms with Gasteiger partial charge in [0, 0.05) is 17.1 Å². The van der Waals surface area contributed by atoms with Crippen LogP contribution in [-0.2, 0) is 16.4 Å². The van der Waals surface area contributed by atoms with E-state index in [1.165, 1.54) is 25.3 Å². The second kappa shape index (κ2) is 10.9. The minimum atomic E-state index is -4.47. The number of aromatic nitrogens is 1. The number of anilines is 2. The second-order valence-electron chi connectivity index (χ2n) is 8.92. The zero-order valence-electron chi connectivity index (χ0n) is 20.4. The Labute approximate surface area is 217 Å². The van der Waals surface area contributed by atoms with Crippen LogP contribution in [-0.4, -0.2) is 61.4 Å². The molecule has 3 aromatic rings. The molecule has 4 rings (SSSR count). The Morgan fingerprint density at radius 1 is 1.16 bits per heavy atom. The fourth-order valence-corrected chi connectivity index (χ4v) is 5.85. The van der Waals surface area contributed by atoms with Crippen molar-refractivity contribution < 1.29 is 36.2 Å². The number of hydrogen-bond donors (Lipinski definition) is 3. The van der Waals surface area contributed by atoms with Gasteiger partial charge in [0.15, 0.2) is 0 Å². The highest BCUT2D eigenvalue weighted by Crippen LogP contribution is 2.31. The number of fused-ring (bicyclic) bond motifs is 1. The molecule has 1 aromatic heterocycles. The highest BCUT2D eigenvalue weighted by molar-refractivity contribution is 7.91. The smallest absolute Gasteiger partial charge is 0.406 e. The van der Waals surface area contributed by atoms with E-state index in [4.69, 9.17) is 9.84 Å². The maximum Gasteiger partial charge on any atom is 0.406 e. The van der Waals surface area contributed by atoms with Crippen molar-refractivity contribution in [1.82, 2.24) is 4.57 Å². The lowest BCUT2D eigenvalue weighted by atomic mass is 10.1. The summed E-state index contributed by atoms with van der Waals surface area (Å²) in [6, 6.07) is 10.8. The summed E-state index contributed by atoms with van der Waals surface area (Å²) in [4.78, 5) is 11.2. The highest BCUT2D eigenvalue weighted by atomic mass is 32.2. The Kier molecular flexibility index (Phi) is 7.78. The second-order valence-corrected chi connectivity index (χ2v) is 11.2. The lowest BCUT2D eigenvalue weighted by molar-refractivity contribution is -0.140. The minimum Gasteiger partial charge on any atom is -0.495 e. The summed E-state index contributed by atoms with van der Waals surface area (Å²) in [5.74, 6) is 4.98. The third-order valence-electron chi connectivity index (χ3n) is 6.23. The highest BCUT2D eigenvalue weighted by Gasteiger charge is 2.30. The Morgan fingerprint density at radius 3 is 2.55 bits per heavy atom. The molecule has 0 radical (unpaired) electrons. The van der Waals surface area contributed by atoms with E-state index in [0.717, 1.165) is 4.57 Å². The van der Waals surface area contributed by atoms with E-state index in [2.05, 4.69) is 22.5 Å². The molecule has 12 heteroatoms. The first kappa shape index (κ1) is 27.2. The fourth-order valence-electron chi connectivity index (χ4n) is 4.36. The molecule has 0 amide bonds. The Balaban J connectivity index is 1.59. The molecule has 0 saturated carbocycles. The maximum absolute atomic E-state index is 13.4. The maximum atomic E-state index is 13.4. The van der Waals surface area contributed by atoms with Gasteiger partial charge in [0.1, 0.15) is 22.1 Å². The summed E-state index contributed by atoms with van der Waals surface area (Å²) in [5.41, 5.74) is 1.70. The van der Waals surface area contributed by atoms with Crippen LogP contribution in [0.1, 0.15) is 28.9 Å². The molecule has 1 saturated heterocycles. The van der Waals surface area contributed by atoms with Crippen molar-refractivity contribution in [2.24, 2.45) is 0 Å². The number of sulfone groups is 1. The summed E-state index contributed by atoms with van der Waals surface area (Å²) in [6.07, 6.45) is -3.62. The summed E-state index contributed by atoms with van der Waals surface area (Å²) >= 11 is 0. The quantitative estimate of drug-likeness (QED) is 0.376. The van der Waals surface area contributed by atoms with Gasteiger partial charge in [-0.15, -0.1) is 0 Å². The van der Waals surface area contributed by atoms with E-state index in [0.29, 0.717) is 40.9 Å². The molecule has 1 aliphatic rings. The lowest BCUT2D eigenvalue weighted by Gasteiger charge is -2.24. The molecule has 202 valence electrons. The van der Waals surface area contributed by atoms with Crippen LogP contribution in [0.3, 0.4) is 0 Å². The van der Waals surface area contributed by atoms with E-state index < -0.39 is 28.5 Å². The number of rotatable bonds is 7. The van der Waals surface area contributed by atoms with Crippen molar-refractivity contribution in [1.29, 1.82) is 0 Å².